The van der Waals surface area contributed by atoms with Gasteiger partial charge in [0.05, 0.1) is 12.0 Å². The molecule has 23 heavy (non-hydrogen) atoms. The molecule has 0 radical (unpaired) electrons. The summed E-state index contributed by atoms with van der Waals surface area (Å²) in [4.78, 5) is 23.4. The normalized spacial score (nSPS) is 25.9. The van der Waals surface area contributed by atoms with Crippen molar-refractivity contribution >= 4 is 19.0 Å². The highest BCUT2D eigenvalue weighted by atomic mass is 16.4. The molecule has 6 N–H and O–H groups in total. The first-order valence-corrected chi connectivity index (χ1v) is 8.34. The lowest BCUT2D eigenvalue weighted by Crippen LogP contribution is -2.47. The molecule has 8 heteroatoms. The molecular weight excluding hydrogens is 299 g/mol. The molecule has 0 aromatic heterocycles. The molecule has 0 bridgehead atoms. The molecule has 1 saturated carbocycles. The molecule has 1 aliphatic rings. The van der Waals surface area contributed by atoms with E-state index in [4.69, 9.17) is 15.8 Å². The Morgan fingerprint density at radius 2 is 1.96 bits per heavy atom. The van der Waals surface area contributed by atoms with Gasteiger partial charge in [-0.05, 0) is 36.9 Å². The number of nitrogens with one attached hydrogen (secondary N) is 1. The standard InChI is InChI=1S/C15H29BN2O5/c1-9(2)13(17)14(19)18-8-11-4-3-10(5-6-16(22)23)7-12(11)15(20)21/h9-13,22-23H,3-8,17H2,1-2H3,(H,18,19)(H,20,21)/t10-,11+,12?,13?/m0/s1. The summed E-state index contributed by atoms with van der Waals surface area (Å²) in [6.07, 6.45) is 2.94. The van der Waals surface area contributed by atoms with Crippen LogP contribution in [0.15, 0.2) is 0 Å². The Morgan fingerprint density at radius 3 is 2.48 bits per heavy atom. The lowest BCUT2D eigenvalue weighted by Gasteiger charge is -2.34. The van der Waals surface area contributed by atoms with Crippen molar-refractivity contribution in [3.63, 3.8) is 0 Å². The monoisotopic (exact) mass is 328 g/mol. The van der Waals surface area contributed by atoms with Gasteiger partial charge in [0, 0.05) is 6.54 Å². The Bertz CT molecular complexity index is 405. The van der Waals surface area contributed by atoms with Gasteiger partial charge in [0.1, 0.15) is 0 Å². The molecule has 1 aliphatic carbocycles. The van der Waals surface area contributed by atoms with Crippen LogP contribution in [0.1, 0.15) is 39.5 Å². The molecule has 0 aromatic rings. The molecule has 4 atom stereocenters. The molecule has 0 spiro atoms. The third-order valence-electron chi connectivity index (χ3n) is 4.81. The van der Waals surface area contributed by atoms with Crippen molar-refractivity contribution < 1.29 is 24.7 Å². The average Bonchev–Trinajstić information content (AvgIpc) is 2.49. The topological polar surface area (TPSA) is 133 Å². The Morgan fingerprint density at radius 1 is 1.30 bits per heavy atom. The number of hydrogen-bond acceptors (Lipinski definition) is 5. The molecule has 0 saturated heterocycles. The second-order valence-electron chi connectivity index (χ2n) is 6.96. The lowest BCUT2D eigenvalue weighted by molar-refractivity contribution is -0.146. The van der Waals surface area contributed by atoms with Crippen LogP contribution in [-0.2, 0) is 9.59 Å². The Balaban J connectivity index is 2.52. The molecule has 7 nitrogen and oxygen atoms in total. The third kappa shape index (κ3) is 6.49. The summed E-state index contributed by atoms with van der Waals surface area (Å²) in [5, 5.41) is 30.1. The molecule has 132 valence electrons. The first-order valence-electron chi connectivity index (χ1n) is 8.34. The second-order valence-corrected chi connectivity index (χ2v) is 6.96. The van der Waals surface area contributed by atoms with Crippen LogP contribution in [0.4, 0.5) is 0 Å². The van der Waals surface area contributed by atoms with Crippen LogP contribution in [0.3, 0.4) is 0 Å². The van der Waals surface area contributed by atoms with E-state index in [-0.39, 0.29) is 30.0 Å². The van der Waals surface area contributed by atoms with Crippen molar-refractivity contribution in [2.75, 3.05) is 6.54 Å². The van der Waals surface area contributed by atoms with Crippen molar-refractivity contribution in [1.82, 2.24) is 5.32 Å². The number of carboxylic acids is 1. The highest BCUT2D eigenvalue weighted by molar-refractivity contribution is 6.40. The largest absolute Gasteiger partial charge is 0.481 e. The first-order chi connectivity index (χ1) is 10.7. The van der Waals surface area contributed by atoms with Gasteiger partial charge in [-0.1, -0.05) is 26.7 Å². The molecule has 1 rings (SSSR count). The quantitative estimate of drug-likeness (QED) is 0.400. The van der Waals surface area contributed by atoms with Crippen LogP contribution in [0.2, 0.25) is 6.32 Å². The number of rotatable bonds is 8. The number of carboxylic acid groups (broad SMARTS) is 1. The van der Waals surface area contributed by atoms with E-state index in [0.29, 0.717) is 25.8 Å². The van der Waals surface area contributed by atoms with E-state index in [1.807, 2.05) is 13.8 Å². The summed E-state index contributed by atoms with van der Waals surface area (Å²) in [5.41, 5.74) is 5.78. The fourth-order valence-corrected chi connectivity index (χ4v) is 3.17. The third-order valence-corrected chi connectivity index (χ3v) is 4.81. The highest BCUT2D eigenvalue weighted by Crippen LogP contribution is 2.36. The number of carbonyl (C=O) groups is 2. The van der Waals surface area contributed by atoms with Crippen molar-refractivity contribution in [2.45, 2.75) is 51.9 Å². The van der Waals surface area contributed by atoms with Crippen LogP contribution in [-0.4, -0.2) is 46.7 Å². The average molecular weight is 328 g/mol. The molecule has 1 amide bonds. The first kappa shape index (κ1) is 19.9. The maximum absolute atomic E-state index is 11.9. The number of nitrogens with two attached hydrogens (primary N) is 1. The van der Waals surface area contributed by atoms with E-state index in [0.717, 1.165) is 6.42 Å². The predicted octanol–water partition coefficient (Wildman–Crippen LogP) is 0.0659. The van der Waals surface area contributed by atoms with E-state index in [1.54, 1.807) is 0 Å². The van der Waals surface area contributed by atoms with Crippen LogP contribution in [0.25, 0.3) is 0 Å². The van der Waals surface area contributed by atoms with Gasteiger partial charge in [0.2, 0.25) is 5.91 Å². The SMILES string of the molecule is CC(C)C(N)C(=O)NC[C@H]1CC[C@@H](CCB(O)O)CC1C(=O)O. The van der Waals surface area contributed by atoms with Crippen molar-refractivity contribution in [3.8, 4) is 0 Å². The van der Waals surface area contributed by atoms with E-state index >= 15 is 0 Å². The second kappa shape index (κ2) is 9.25. The number of aliphatic carboxylic acids is 1. The van der Waals surface area contributed by atoms with E-state index < -0.39 is 25.0 Å². The minimum absolute atomic E-state index is 0.0333. The number of carbonyl (C=O) groups excluding carboxylic acids is 1. The van der Waals surface area contributed by atoms with E-state index in [1.165, 1.54) is 0 Å². The van der Waals surface area contributed by atoms with E-state index in [2.05, 4.69) is 5.32 Å². The summed E-state index contributed by atoms with van der Waals surface area (Å²) in [6, 6.07) is -0.583. The molecule has 0 aliphatic heterocycles. The molecule has 0 aromatic carbocycles. The fourth-order valence-electron chi connectivity index (χ4n) is 3.17. The fraction of sp³-hybridized carbons (Fsp3) is 0.867. The van der Waals surface area contributed by atoms with Gasteiger partial charge in [0.15, 0.2) is 0 Å². The summed E-state index contributed by atoms with van der Waals surface area (Å²) >= 11 is 0. The Hall–Kier alpha value is -1.12. The molecule has 0 heterocycles. The minimum Gasteiger partial charge on any atom is -0.481 e. The number of amides is 1. The summed E-state index contributed by atoms with van der Waals surface area (Å²) < 4.78 is 0. The summed E-state index contributed by atoms with van der Waals surface area (Å²) in [5.74, 6) is -1.50. The number of hydrogen-bond donors (Lipinski definition) is 5. The van der Waals surface area contributed by atoms with Crippen molar-refractivity contribution in [2.24, 2.45) is 29.4 Å². The zero-order valence-corrected chi connectivity index (χ0v) is 13.9. The van der Waals surface area contributed by atoms with Crippen molar-refractivity contribution in [1.29, 1.82) is 0 Å². The van der Waals surface area contributed by atoms with Crippen LogP contribution in [0, 0.1) is 23.7 Å². The van der Waals surface area contributed by atoms with Crippen LogP contribution in [0.5, 0.6) is 0 Å². The zero-order chi connectivity index (χ0) is 17.6. The predicted molar refractivity (Wildman–Crippen MR) is 87.4 cm³/mol. The zero-order valence-electron chi connectivity index (χ0n) is 13.9. The maximum Gasteiger partial charge on any atom is 0.451 e. The smallest absolute Gasteiger partial charge is 0.451 e. The van der Waals surface area contributed by atoms with E-state index in [9.17, 15) is 14.7 Å². The van der Waals surface area contributed by atoms with Gasteiger partial charge in [-0.15, -0.1) is 0 Å². The molecule has 2 unspecified atom stereocenters. The summed E-state index contributed by atoms with van der Waals surface area (Å²) in [6.45, 7) is 4.06. The van der Waals surface area contributed by atoms with Gasteiger partial charge in [-0.25, -0.2) is 0 Å². The van der Waals surface area contributed by atoms with Gasteiger partial charge in [0.25, 0.3) is 0 Å². The van der Waals surface area contributed by atoms with Crippen molar-refractivity contribution in [3.05, 3.63) is 0 Å². The van der Waals surface area contributed by atoms with Gasteiger partial charge >= 0.3 is 13.1 Å². The van der Waals surface area contributed by atoms with Gasteiger partial charge < -0.3 is 26.2 Å². The van der Waals surface area contributed by atoms with Gasteiger partial charge in [-0.2, -0.15) is 0 Å². The van der Waals surface area contributed by atoms with Crippen LogP contribution >= 0.6 is 0 Å². The molecule has 1 fully saturated rings. The van der Waals surface area contributed by atoms with Crippen LogP contribution < -0.4 is 11.1 Å². The summed E-state index contributed by atoms with van der Waals surface area (Å²) in [7, 11) is -1.34. The maximum atomic E-state index is 11.9. The Kier molecular flexibility index (Phi) is 8.01. The Labute approximate surface area is 137 Å². The minimum atomic E-state index is -1.34. The molecular formula is C15H29BN2O5. The highest BCUT2D eigenvalue weighted by Gasteiger charge is 2.35. The van der Waals surface area contributed by atoms with Gasteiger partial charge in [-0.3, -0.25) is 9.59 Å². The lowest BCUT2D eigenvalue weighted by atomic mass is 9.70.